The predicted molar refractivity (Wildman–Crippen MR) is 104 cm³/mol. The molecule has 3 rings (SSSR count). The zero-order chi connectivity index (χ0) is 19.9. The first-order valence-corrected chi connectivity index (χ1v) is 9.66. The van der Waals surface area contributed by atoms with E-state index >= 15 is 0 Å². The summed E-state index contributed by atoms with van der Waals surface area (Å²) >= 11 is 6.17. The molecule has 8 nitrogen and oxygen atoms in total. The van der Waals surface area contributed by atoms with Crippen molar-refractivity contribution < 1.29 is 14.3 Å². The van der Waals surface area contributed by atoms with E-state index in [1.807, 2.05) is 23.1 Å². The van der Waals surface area contributed by atoms with Crippen LogP contribution >= 0.6 is 11.6 Å². The summed E-state index contributed by atoms with van der Waals surface area (Å²) < 4.78 is 6.59. The Morgan fingerprint density at radius 2 is 2.18 bits per heavy atom. The zero-order valence-electron chi connectivity index (χ0n) is 15.8. The molecule has 2 heterocycles. The van der Waals surface area contributed by atoms with Crippen molar-refractivity contribution in [3.63, 3.8) is 0 Å². The molecule has 0 aliphatic carbocycles. The minimum Gasteiger partial charge on any atom is -0.383 e. The average molecular weight is 406 g/mol. The van der Waals surface area contributed by atoms with Gasteiger partial charge in [-0.05, 0) is 24.5 Å². The lowest BCUT2D eigenvalue weighted by Crippen LogP contribution is -2.41. The summed E-state index contributed by atoms with van der Waals surface area (Å²) in [6, 6.07) is 7.38. The van der Waals surface area contributed by atoms with E-state index < -0.39 is 0 Å². The number of carbonyl (C=O) groups excluding carboxylic acids is 2. The van der Waals surface area contributed by atoms with Gasteiger partial charge in [0.25, 0.3) is 5.91 Å². The summed E-state index contributed by atoms with van der Waals surface area (Å²) in [5.41, 5.74) is 1.09. The van der Waals surface area contributed by atoms with E-state index in [2.05, 4.69) is 15.6 Å². The Hall–Kier alpha value is -2.45. The molecule has 0 spiro atoms. The standard InChI is InChI=1S/C19H24ClN5O3/c1-28-10-8-21-19(27)17-13-25(23-22-17)15-6-4-9-24(12-15)18(26)11-14-5-2-3-7-16(14)20/h2-3,5,7,13,15H,4,6,8-12H2,1H3,(H,21,27)/t15-/m0/s1. The molecule has 0 bridgehead atoms. The number of nitrogens with one attached hydrogen (secondary N) is 1. The Morgan fingerprint density at radius 3 is 2.96 bits per heavy atom. The molecule has 2 amide bonds. The van der Waals surface area contributed by atoms with Crippen molar-refractivity contribution in [3.8, 4) is 0 Å². The van der Waals surface area contributed by atoms with Crippen molar-refractivity contribution in [1.82, 2.24) is 25.2 Å². The highest BCUT2D eigenvalue weighted by Crippen LogP contribution is 2.23. The van der Waals surface area contributed by atoms with E-state index in [4.69, 9.17) is 16.3 Å². The van der Waals surface area contributed by atoms with E-state index in [9.17, 15) is 9.59 Å². The van der Waals surface area contributed by atoms with Gasteiger partial charge in [-0.3, -0.25) is 9.59 Å². The van der Waals surface area contributed by atoms with Crippen LogP contribution in [0, 0.1) is 0 Å². The third kappa shape index (κ3) is 5.08. The van der Waals surface area contributed by atoms with Crippen LogP contribution in [-0.4, -0.2) is 65.1 Å². The van der Waals surface area contributed by atoms with Crippen molar-refractivity contribution in [2.45, 2.75) is 25.3 Å². The second-order valence-corrected chi connectivity index (χ2v) is 7.14. The number of halogens is 1. The summed E-state index contributed by atoms with van der Waals surface area (Å²) in [6.07, 6.45) is 3.66. The monoisotopic (exact) mass is 405 g/mol. The van der Waals surface area contributed by atoms with Crippen LogP contribution in [0.4, 0.5) is 0 Å². The maximum atomic E-state index is 12.7. The Labute approximate surface area is 168 Å². The van der Waals surface area contributed by atoms with Crippen molar-refractivity contribution >= 4 is 23.4 Å². The van der Waals surface area contributed by atoms with E-state index in [0.717, 1.165) is 18.4 Å². The Kier molecular flexibility index (Phi) is 7.00. The van der Waals surface area contributed by atoms with Gasteiger partial charge in [-0.15, -0.1) is 5.10 Å². The van der Waals surface area contributed by atoms with Gasteiger partial charge in [-0.25, -0.2) is 4.68 Å². The fourth-order valence-corrected chi connectivity index (χ4v) is 3.43. The van der Waals surface area contributed by atoms with E-state index in [1.165, 1.54) is 0 Å². The first kappa shape index (κ1) is 20.3. The van der Waals surface area contributed by atoms with Gasteiger partial charge in [0.15, 0.2) is 5.69 Å². The van der Waals surface area contributed by atoms with Crippen LogP contribution in [0.5, 0.6) is 0 Å². The fourth-order valence-electron chi connectivity index (χ4n) is 3.23. The number of benzene rings is 1. The summed E-state index contributed by atoms with van der Waals surface area (Å²) in [5.74, 6) is -0.249. The van der Waals surface area contributed by atoms with Crippen LogP contribution in [0.15, 0.2) is 30.5 Å². The topological polar surface area (TPSA) is 89.4 Å². The highest BCUT2D eigenvalue weighted by molar-refractivity contribution is 6.31. The van der Waals surface area contributed by atoms with Crippen LogP contribution in [0.1, 0.15) is 34.9 Å². The number of ether oxygens (including phenoxy) is 1. The molecule has 0 radical (unpaired) electrons. The third-order valence-corrected chi connectivity index (χ3v) is 5.13. The summed E-state index contributed by atoms with van der Waals surface area (Å²) in [4.78, 5) is 26.6. The van der Waals surface area contributed by atoms with Crippen LogP contribution in [0.2, 0.25) is 5.02 Å². The van der Waals surface area contributed by atoms with Crippen molar-refractivity contribution in [2.75, 3.05) is 33.4 Å². The Bertz CT molecular complexity index is 825. The maximum Gasteiger partial charge on any atom is 0.273 e. The third-order valence-electron chi connectivity index (χ3n) is 4.76. The normalized spacial score (nSPS) is 16.8. The zero-order valence-corrected chi connectivity index (χ0v) is 16.6. The number of carbonyl (C=O) groups is 2. The van der Waals surface area contributed by atoms with Crippen molar-refractivity contribution in [1.29, 1.82) is 0 Å². The summed E-state index contributed by atoms with van der Waals surface area (Å²) in [7, 11) is 1.57. The molecule has 9 heteroatoms. The summed E-state index contributed by atoms with van der Waals surface area (Å²) in [5, 5.41) is 11.4. The molecule has 2 aromatic rings. The fraction of sp³-hybridized carbons (Fsp3) is 0.474. The molecule has 1 fully saturated rings. The molecule has 150 valence electrons. The molecule has 1 saturated heterocycles. The second kappa shape index (κ2) is 9.66. The number of hydrogen-bond donors (Lipinski definition) is 1. The van der Waals surface area contributed by atoms with Gasteiger partial charge in [0.1, 0.15) is 0 Å². The number of rotatable bonds is 7. The Morgan fingerprint density at radius 1 is 1.36 bits per heavy atom. The number of likely N-dealkylation sites (tertiary alicyclic amines) is 1. The average Bonchev–Trinajstić information content (AvgIpc) is 3.20. The van der Waals surface area contributed by atoms with Gasteiger partial charge in [-0.2, -0.15) is 0 Å². The van der Waals surface area contributed by atoms with Gasteiger partial charge in [0.05, 0.1) is 25.3 Å². The quantitative estimate of drug-likeness (QED) is 0.708. The lowest BCUT2D eigenvalue weighted by atomic mass is 10.0. The largest absolute Gasteiger partial charge is 0.383 e. The molecule has 1 aliphatic rings. The van der Waals surface area contributed by atoms with Crippen molar-refractivity contribution in [2.24, 2.45) is 0 Å². The van der Waals surface area contributed by atoms with Gasteiger partial charge < -0.3 is 15.0 Å². The predicted octanol–water partition coefficient (Wildman–Crippen LogP) is 1.71. The Balaban J connectivity index is 1.59. The molecule has 1 atom stereocenters. The number of nitrogens with zero attached hydrogens (tertiary/aromatic N) is 4. The number of piperidine rings is 1. The molecule has 1 aromatic heterocycles. The van der Waals surface area contributed by atoms with Gasteiger partial charge in [0.2, 0.25) is 5.91 Å². The first-order chi connectivity index (χ1) is 13.6. The minimum atomic E-state index is -0.286. The molecule has 0 unspecified atom stereocenters. The minimum absolute atomic E-state index is 0.00281. The van der Waals surface area contributed by atoms with Gasteiger partial charge in [-0.1, -0.05) is 35.0 Å². The van der Waals surface area contributed by atoms with Crippen molar-refractivity contribution in [3.05, 3.63) is 46.7 Å². The number of aromatic nitrogens is 3. The molecule has 28 heavy (non-hydrogen) atoms. The summed E-state index contributed by atoms with van der Waals surface area (Å²) in [6.45, 7) is 2.09. The molecule has 1 aliphatic heterocycles. The molecular weight excluding hydrogens is 382 g/mol. The van der Waals surface area contributed by atoms with E-state index in [-0.39, 0.29) is 30.0 Å². The lowest BCUT2D eigenvalue weighted by Gasteiger charge is -2.32. The second-order valence-electron chi connectivity index (χ2n) is 6.74. The van der Waals surface area contributed by atoms with Crippen LogP contribution in [-0.2, 0) is 16.0 Å². The van der Waals surface area contributed by atoms with Crippen LogP contribution in [0.25, 0.3) is 0 Å². The van der Waals surface area contributed by atoms with Crippen LogP contribution < -0.4 is 5.32 Å². The van der Waals surface area contributed by atoms with Gasteiger partial charge in [0, 0.05) is 31.8 Å². The number of hydrogen-bond acceptors (Lipinski definition) is 5. The SMILES string of the molecule is COCCNC(=O)c1cn([C@H]2CCCN(C(=O)Cc3ccccc3Cl)C2)nn1. The molecular formula is C19H24ClN5O3. The highest BCUT2D eigenvalue weighted by Gasteiger charge is 2.26. The van der Waals surface area contributed by atoms with Gasteiger partial charge >= 0.3 is 0 Å². The molecule has 0 saturated carbocycles. The molecule has 1 N–H and O–H groups in total. The van der Waals surface area contributed by atoms with Crippen LogP contribution in [0.3, 0.4) is 0 Å². The van der Waals surface area contributed by atoms with E-state index in [1.54, 1.807) is 24.1 Å². The number of amides is 2. The first-order valence-electron chi connectivity index (χ1n) is 9.28. The molecule has 1 aromatic carbocycles. The maximum absolute atomic E-state index is 12.7. The number of methoxy groups -OCH3 is 1. The highest BCUT2D eigenvalue weighted by atomic mass is 35.5. The lowest BCUT2D eigenvalue weighted by molar-refractivity contribution is -0.132. The van der Waals surface area contributed by atoms with E-state index in [0.29, 0.717) is 31.3 Å². The smallest absolute Gasteiger partial charge is 0.273 e.